The molecule has 1 N–H and O–H groups in total. The van der Waals surface area contributed by atoms with Crippen LogP contribution in [0.3, 0.4) is 0 Å². The summed E-state index contributed by atoms with van der Waals surface area (Å²) in [5.41, 5.74) is 2.82. The van der Waals surface area contributed by atoms with E-state index in [1.165, 1.54) is 5.56 Å². The third kappa shape index (κ3) is 7.49. The van der Waals surface area contributed by atoms with Crippen LogP contribution in [-0.4, -0.2) is 55.3 Å². The third-order valence-corrected chi connectivity index (χ3v) is 7.17. The van der Waals surface area contributed by atoms with Gasteiger partial charge in [-0.25, -0.2) is 4.79 Å². The van der Waals surface area contributed by atoms with Crippen LogP contribution < -0.4 is 14.8 Å². The Kier molecular flexibility index (Phi) is 9.62. The number of nitrogens with one attached hydrogen (secondary N) is 1. The maximum absolute atomic E-state index is 13.6. The second kappa shape index (κ2) is 13.3. The largest absolute Gasteiger partial charge is 0.454 e. The molecule has 38 heavy (non-hydrogen) atoms. The van der Waals surface area contributed by atoms with E-state index >= 15 is 0 Å². The molecule has 0 atom stereocenters. The van der Waals surface area contributed by atoms with E-state index in [0.29, 0.717) is 55.8 Å². The predicted octanol–water partition coefficient (Wildman–Crippen LogP) is 5.70. The number of urea groups is 1. The molecule has 0 spiro atoms. The summed E-state index contributed by atoms with van der Waals surface area (Å²) >= 11 is 1.60. The Hall–Kier alpha value is -3.56. The van der Waals surface area contributed by atoms with Gasteiger partial charge in [0.05, 0.1) is 6.54 Å². The zero-order valence-corrected chi connectivity index (χ0v) is 23.0. The molecule has 0 radical (unpaired) electrons. The van der Waals surface area contributed by atoms with Crippen LogP contribution in [0.1, 0.15) is 42.2 Å². The number of amides is 3. The lowest BCUT2D eigenvalue weighted by molar-refractivity contribution is -0.133. The van der Waals surface area contributed by atoms with E-state index in [1.54, 1.807) is 28.2 Å². The number of carbonyl (C=O) groups is 2. The average molecular weight is 538 g/mol. The average Bonchev–Trinajstić information content (AvgIpc) is 3.60. The summed E-state index contributed by atoms with van der Waals surface area (Å²) in [6, 6.07) is 17.2. The van der Waals surface area contributed by atoms with Crippen molar-refractivity contribution < 1.29 is 23.8 Å². The molecule has 0 unspecified atom stereocenters. The second-order valence-corrected chi connectivity index (χ2v) is 10.5. The molecule has 0 fully saturated rings. The van der Waals surface area contributed by atoms with E-state index in [0.717, 1.165) is 10.4 Å². The Bertz CT molecular complexity index is 1200. The number of rotatable bonds is 12. The van der Waals surface area contributed by atoms with Crippen molar-refractivity contribution in [2.45, 2.75) is 39.3 Å². The van der Waals surface area contributed by atoms with Crippen LogP contribution in [0.2, 0.25) is 0 Å². The molecule has 0 aliphatic carbocycles. The van der Waals surface area contributed by atoms with Crippen LogP contribution in [0, 0.1) is 0 Å². The molecule has 9 heteroatoms. The predicted molar refractivity (Wildman–Crippen MR) is 149 cm³/mol. The zero-order valence-electron chi connectivity index (χ0n) is 22.1. The van der Waals surface area contributed by atoms with Gasteiger partial charge in [0.1, 0.15) is 6.54 Å². The number of thiophene rings is 1. The third-order valence-electron chi connectivity index (χ3n) is 6.31. The number of hydrogen-bond acceptors (Lipinski definition) is 6. The fraction of sp³-hybridized carbons (Fsp3) is 0.379. The van der Waals surface area contributed by atoms with Crippen molar-refractivity contribution in [3.8, 4) is 11.5 Å². The molecule has 0 saturated carbocycles. The van der Waals surface area contributed by atoms with Gasteiger partial charge >= 0.3 is 6.03 Å². The lowest BCUT2D eigenvalue weighted by Crippen LogP contribution is -2.44. The first-order chi connectivity index (χ1) is 18.4. The smallest absolute Gasteiger partial charge is 0.322 e. The molecule has 8 nitrogen and oxygen atoms in total. The van der Waals surface area contributed by atoms with Gasteiger partial charge in [0.2, 0.25) is 12.7 Å². The number of methoxy groups -OCH3 is 1. The number of ether oxygens (including phenoxy) is 3. The van der Waals surface area contributed by atoms with Crippen molar-refractivity contribution in [3.63, 3.8) is 0 Å². The number of anilines is 1. The van der Waals surface area contributed by atoms with Gasteiger partial charge in [-0.3, -0.25) is 4.79 Å². The van der Waals surface area contributed by atoms with Crippen LogP contribution in [0.25, 0.3) is 0 Å². The number of carbonyl (C=O) groups excluding carboxylic acids is 2. The molecule has 2 heterocycles. The molecule has 1 aliphatic rings. The molecule has 1 aliphatic heterocycles. The summed E-state index contributed by atoms with van der Waals surface area (Å²) in [5.74, 6) is 1.64. The molecular formula is C29H35N3O5S. The number of nitrogens with zero attached hydrogens (tertiary/aromatic N) is 2. The summed E-state index contributed by atoms with van der Waals surface area (Å²) in [6.45, 7) is 6.14. The van der Waals surface area contributed by atoms with Crippen LogP contribution in [0.5, 0.6) is 11.5 Å². The maximum atomic E-state index is 13.6. The monoisotopic (exact) mass is 537 g/mol. The quantitative estimate of drug-likeness (QED) is 0.300. The van der Waals surface area contributed by atoms with Crippen LogP contribution in [0.4, 0.5) is 10.5 Å². The molecule has 4 rings (SSSR count). The minimum atomic E-state index is -0.314. The van der Waals surface area contributed by atoms with Gasteiger partial charge < -0.3 is 29.3 Å². The maximum Gasteiger partial charge on any atom is 0.322 e. The van der Waals surface area contributed by atoms with Gasteiger partial charge in [-0.2, -0.15) is 0 Å². The van der Waals surface area contributed by atoms with Gasteiger partial charge in [0.25, 0.3) is 0 Å². The van der Waals surface area contributed by atoms with E-state index < -0.39 is 0 Å². The van der Waals surface area contributed by atoms with Gasteiger partial charge in [0, 0.05) is 37.4 Å². The SMILES string of the molecule is COCCCN(CC(=O)N(Cc1ccc2c(c1)OCO2)Cc1cccs1)C(=O)Nc1ccc(C(C)C)cc1. The second-order valence-electron chi connectivity index (χ2n) is 9.49. The van der Waals surface area contributed by atoms with E-state index in [9.17, 15) is 9.59 Å². The summed E-state index contributed by atoms with van der Waals surface area (Å²) in [6.07, 6.45) is 0.622. The molecule has 0 saturated heterocycles. The Morgan fingerprint density at radius 3 is 2.53 bits per heavy atom. The minimum Gasteiger partial charge on any atom is -0.454 e. The number of hydrogen-bond donors (Lipinski definition) is 1. The van der Waals surface area contributed by atoms with Crippen molar-refractivity contribution in [1.82, 2.24) is 9.80 Å². The van der Waals surface area contributed by atoms with Crippen LogP contribution >= 0.6 is 11.3 Å². The lowest BCUT2D eigenvalue weighted by Gasteiger charge is -2.28. The van der Waals surface area contributed by atoms with E-state index in [2.05, 4.69) is 19.2 Å². The van der Waals surface area contributed by atoms with Crippen LogP contribution in [-0.2, 0) is 22.6 Å². The van der Waals surface area contributed by atoms with Crippen molar-refractivity contribution in [1.29, 1.82) is 0 Å². The summed E-state index contributed by atoms with van der Waals surface area (Å²) in [4.78, 5) is 31.3. The number of fused-ring (bicyclic) bond motifs is 1. The normalized spacial score (nSPS) is 12.0. The fourth-order valence-electron chi connectivity index (χ4n) is 4.15. The molecule has 1 aromatic heterocycles. The zero-order chi connectivity index (χ0) is 26.9. The first-order valence-electron chi connectivity index (χ1n) is 12.8. The highest BCUT2D eigenvalue weighted by Crippen LogP contribution is 2.33. The highest BCUT2D eigenvalue weighted by atomic mass is 32.1. The Labute approximate surface area is 228 Å². The lowest BCUT2D eigenvalue weighted by atomic mass is 10.0. The Morgan fingerprint density at radius 2 is 1.82 bits per heavy atom. The summed E-state index contributed by atoms with van der Waals surface area (Å²) < 4.78 is 16.1. The van der Waals surface area contributed by atoms with Crippen molar-refractivity contribution >= 4 is 29.0 Å². The minimum absolute atomic E-state index is 0.0461. The Balaban J connectivity index is 1.48. The molecule has 202 valence electrons. The summed E-state index contributed by atoms with van der Waals surface area (Å²) in [5, 5.41) is 4.94. The van der Waals surface area contributed by atoms with Gasteiger partial charge in [-0.1, -0.05) is 38.1 Å². The first-order valence-corrected chi connectivity index (χ1v) is 13.6. The van der Waals surface area contributed by atoms with Gasteiger partial charge in [-0.05, 0) is 59.2 Å². The van der Waals surface area contributed by atoms with Crippen molar-refractivity contribution in [3.05, 3.63) is 76.0 Å². The number of benzene rings is 2. The molecule has 0 bridgehead atoms. The standard InChI is InChI=1S/C29H35N3O5S/c1-21(2)23-8-10-24(11-9-23)30-29(34)31(13-5-14-35-3)19-28(33)32(18-25-6-4-15-38-25)17-22-7-12-26-27(16-22)37-20-36-26/h4,6-12,15-16,21H,5,13-14,17-20H2,1-3H3,(H,30,34). The van der Waals surface area contributed by atoms with E-state index in [-0.39, 0.29) is 25.3 Å². The summed E-state index contributed by atoms with van der Waals surface area (Å²) in [7, 11) is 1.62. The molecule has 3 aromatic rings. The first kappa shape index (κ1) is 27.5. The van der Waals surface area contributed by atoms with Gasteiger partial charge in [0.15, 0.2) is 11.5 Å². The molecule has 2 aromatic carbocycles. The Morgan fingerprint density at radius 1 is 1.03 bits per heavy atom. The van der Waals surface area contributed by atoms with Gasteiger partial charge in [-0.15, -0.1) is 11.3 Å². The molecular weight excluding hydrogens is 502 g/mol. The topological polar surface area (TPSA) is 80.3 Å². The van der Waals surface area contributed by atoms with E-state index in [4.69, 9.17) is 14.2 Å². The molecule has 3 amide bonds. The highest BCUT2D eigenvalue weighted by molar-refractivity contribution is 7.09. The van der Waals surface area contributed by atoms with Crippen LogP contribution in [0.15, 0.2) is 60.0 Å². The van der Waals surface area contributed by atoms with E-state index in [1.807, 2.05) is 60.0 Å². The van der Waals surface area contributed by atoms with Crippen molar-refractivity contribution in [2.75, 3.05) is 38.9 Å². The van der Waals surface area contributed by atoms with Crippen molar-refractivity contribution in [2.24, 2.45) is 0 Å². The fourth-order valence-corrected chi connectivity index (χ4v) is 4.87. The highest BCUT2D eigenvalue weighted by Gasteiger charge is 2.23.